The Morgan fingerprint density at radius 3 is 2.50 bits per heavy atom. The molecule has 0 spiro atoms. The molecule has 0 saturated carbocycles. The summed E-state index contributed by atoms with van der Waals surface area (Å²) in [4.78, 5) is 2.42. The summed E-state index contributed by atoms with van der Waals surface area (Å²) in [6.07, 6.45) is 3.53. The molecule has 0 aliphatic rings. The molecule has 0 aliphatic carbocycles. The fourth-order valence-electron chi connectivity index (χ4n) is 2.04. The van der Waals surface area contributed by atoms with Crippen LogP contribution in [0, 0.1) is 0 Å². The summed E-state index contributed by atoms with van der Waals surface area (Å²) in [6.45, 7) is 4.13. The largest absolute Gasteiger partial charge is 0.330 e. The van der Waals surface area contributed by atoms with Gasteiger partial charge < -0.3 is 5.73 Å². The van der Waals surface area contributed by atoms with Gasteiger partial charge in [0.15, 0.2) is 0 Å². The molecule has 1 aromatic rings. The van der Waals surface area contributed by atoms with Gasteiger partial charge in [-0.2, -0.15) is 0 Å². The maximum absolute atomic E-state index is 5.71. The Hall–Kier alpha value is -0.860. The summed E-state index contributed by atoms with van der Waals surface area (Å²) < 4.78 is 0. The van der Waals surface area contributed by atoms with Gasteiger partial charge >= 0.3 is 0 Å². The van der Waals surface area contributed by atoms with Gasteiger partial charge in [0.25, 0.3) is 0 Å². The molecule has 1 unspecified atom stereocenters. The topological polar surface area (TPSA) is 29.3 Å². The van der Waals surface area contributed by atoms with E-state index in [1.807, 2.05) is 0 Å². The van der Waals surface area contributed by atoms with E-state index >= 15 is 0 Å². The van der Waals surface area contributed by atoms with Crippen molar-refractivity contribution >= 4 is 0 Å². The van der Waals surface area contributed by atoms with E-state index in [0.29, 0.717) is 6.04 Å². The Kier molecular flexibility index (Phi) is 6.12. The Morgan fingerprint density at radius 2 is 1.94 bits per heavy atom. The van der Waals surface area contributed by atoms with E-state index in [-0.39, 0.29) is 0 Å². The molecule has 2 nitrogen and oxygen atoms in total. The highest BCUT2D eigenvalue weighted by Crippen LogP contribution is 2.22. The van der Waals surface area contributed by atoms with Crippen LogP contribution in [0.15, 0.2) is 30.3 Å². The first-order chi connectivity index (χ1) is 7.79. The van der Waals surface area contributed by atoms with Gasteiger partial charge in [0.1, 0.15) is 0 Å². The van der Waals surface area contributed by atoms with Crippen molar-refractivity contribution < 1.29 is 0 Å². The first-order valence-corrected chi connectivity index (χ1v) is 6.24. The van der Waals surface area contributed by atoms with Crippen molar-refractivity contribution in [3.8, 4) is 0 Å². The van der Waals surface area contributed by atoms with Crippen molar-refractivity contribution in [2.45, 2.75) is 32.2 Å². The Morgan fingerprint density at radius 1 is 1.25 bits per heavy atom. The van der Waals surface area contributed by atoms with Crippen molar-refractivity contribution in [1.82, 2.24) is 4.90 Å². The summed E-state index contributed by atoms with van der Waals surface area (Å²) >= 11 is 0. The van der Waals surface area contributed by atoms with E-state index in [4.69, 9.17) is 5.73 Å². The number of unbranched alkanes of at least 4 members (excludes halogenated alkanes) is 1. The van der Waals surface area contributed by atoms with E-state index < -0.39 is 0 Å². The van der Waals surface area contributed by atoms with Crippen LogP contribution >= 0.6 is 0 Å². The van der Waals surface area contributed by atoms with Crippen LogP contribution in [0.5, 0.6) is 0 Å². The quantitative estimate of drug-likeness (QED) is 0.765. The van der Waals surface area contributed by atoms with Crippen molar-refractivity contribution in [2.24, 2.45) is 5.73 Å². The zero-order valence-electron chi connectivity index (χ0n) is 10.5. The summed E-state index contributed by atoms with van der Waals surface area (Å²) in [5, 5.41) is 0. The zero-order valence-corrected chi connectivity index (χ0v) is 10.5. The van der Waals surface area contributed by atoms with Crippen molar-refractivity contribution in [3.05, 3.63) is 35.9 Å². The van der Waals surface area contributed by atoms with E-state index in [1.165, 1.54) is 18.4 Å². The Labute approximate surface area is 99.5 Å². The van der Waals surface area contributed by atoms with Gasteiger partial charge in [0.2, 0.25) is 0 Å². The third-order valence-electron chi connectivity index (χ3n) is 3.02. The minimum atomic E-state index is 0.470. The molecule has 0 saturated heterocycles. The summed E-state index contributed by atoms with van der Waals surface area (Å²) in [5.74, 6) is 0. The number of hydrogen-bond acceptors (Lipinski definition) is 2. The van der Waals surface area contributed by atoms with E-state index in [1.54, 1.807) is 0 Å². The highest BCUT2D eigenvalue weighted by Gasteiger charge is 2.14. The van der Waals surface area contributed by atoms with Crippen LogP contribution in [0.4, 0.5) is 0 Å². The van der Waals surface area contributed by atoms with Crippen LogP contribution in [-0.4, -0.2) is 25.0 Å². The van der Waals surface area contributed by atoms with E-state index in [0.717, 1.165) is 19.5 Å². The molecular formula is C14H24N2. The maximum Gasteiger partial charge on any atom is 0.0357 e. The summed E-state index contributed by atoms with van der Waals surface area (Å²) in [7, 11) is 2.20. The minimum absolute atomic E-state index is 0.470. The SMILES string of the molecule is CCCCN(C)C(CCN)c1ccccc1. The maximum atomic E-state index is 5.71. The second kappa shape index (κ2) is 7.42. The molecule has 2 N–H and O–H groups in total. The molecule has 2 heteroatoms. The highest BCUT2D eigenvalue weighted by atomic mass is 15.1. The van der Waals surface area contributed by atoms with E-state index in [9.17, 15) is 0 Å². The third-order valence-corrected chi connectivity index (χ3v) is 3.02. The molecular weight excluding hydrogens is 196 g/mol. The molecule has 0 bridgehead atoms. The highest BCUT2D eigenvalue weighted by molar-refractivity contribution is 5.18. The monoisotopic (exact) mass is 220 g/mol. The molecule has 0 heterocycles. The molecule has 0 aliphatic heterocycles. The lowest BCUT2D eigenvalue weighted by atomic mass is 10.0. The standard InChI is InChI=1S/C14H24N2/c1-3-4-12-16(2)14(10-11-15)13-8-6-5-7-9-13/h5-9,14H,3-4,10-12,15H2,1-2H3. The smallest absolute Gasteiger partial charge is 0.0357 e. The first-order valence-electron chi connectivity index (χ1n) is 6.24. The minimum Gasteiger partial charge on any atom is -0.330 e. The predicted molar refractivity (Wildman–Crippen MR) is 70.4 cm³/mol. The van der Waals surface area contributed by atoms with Crippen molar-refractivity contribution in [1.29, 1.82) is 0 Å². The second-order valence-electron chi connectivity index (χ2n) is 4.34. The fourth-order valence-corrected chi connectivity index (χ4v) is 2.04. The van der Waals surface area contributed by atoms with Gasteiger partial charge in [0, 0.05) is 6.04 Å². The molecule has 1 rings (SSSR count). The van der Waals surface area contributed by atoms with Crippen LogP contribution in [0.1, 0.15) is 37.8 Å². The number of hydrogen-bond donors (Lipinski definition) is 1. The molecule has 1 aromatic carbocycles. The van der Waals surface area contributed by atoms with Crippen LogP contribution in [0.2, 0.25) is 0 Å². The van der Waals surface area contributed by atoms with Crippen LogP contribution < -0.4 is 5.73 Å². The zero-order chi connectivity index (χ0) is 11.8. The van der Waals surface area contributed by atoms with Crippen LogP contribution in [0.3, 0.4) is 0 Å². The molecule has 90 valence electrons. The summed E-state index contributed by atoms with van der Waals surface area (Å²) in [6, 6.07) is 11.1. The Bertz CT molecular complexity index is 271. The summed E-state index contributed by atoms with van der Waals surface area (Å²) in [5.41, 5.74) is 7.09. The van der Waals surface area contributed by atoms with Gasteiger partial charge in [-0.15, -0.1) is 0 Å². The molecule has 0 fully saturated rings. The number of nitrogens with zero attached hydrogens (tertiary/aromatic N) is 1. The van der Waals surface area contributed by atoms with Crippen LogP contribution in [0.25, 0.3) is 0 Å². The van der Waals surface area contributed by atoms with Gasteiger partial charge in [-0.25, -0.2) is 0 Å². The van der Waals surface area contributed by atoms with Gasteiger partial charge in [-0.3, -0.25) is 4.90 Å². The Balaban J connectivity index is 2.66. The van der Waals surface area contributed by atoms with Gasteiger partial charge in [-0.1, -0.05) is 43.7 Å². The predicted octanol–water partition coefficient (Wildman–Crippen LogP) is 2.81. The fraction of sp³-hybridized carbons (Fsp3) is 0.571. The average Bonchev–Trinajstić information content (AvgIpc) is 2.34. The van der Waals surface area contributed by atoms with Gasteiger partial charge in [0.05, 0.1) is 0 Å². The lowest BCUT2D eigenvalue weighted by molar-refractivity contribution is 0.232. The normalized spacial score (nSPS) is 13.0. The molecule has 0 aromatic heterocycles. The molecule has 16 heavy (non-hydrogen) atoms. The molecule has 0 amide bonds. The van der Waals surface area contributed by atoms with E-state index in [2.05, 4.69) is 49.2 Å². The lowest BCUT2D eigenvalue weighted by Crippen LogP contribution is -2.27. The molecule has 1 atom stereocenters. The number of benzene rings is 1. The average molecular weight is 220 g/mol. The van der Waals surface area contributed by atoms with Gasteiger partial charge in [-0.05, 0) is 38.5 Å². The second-order valence-corrected chi connectivity index (χ2v) is 4.34. The lowest BCUT2D eigenvalue weighted by Gasteiger charge is -2.28. The first kappa shape index (κ1) is 13.2. The number of nitrogens with two attached hydrogens (primary N) is 1. The third kappa shape index (κ3) is 3.95. The van der Waals surface area contributed by atoms with Crippen molar-refractivity contribution in [3.63, 3.8) is 0 Å². The van der Waals surface area contributed by atoms with Crippen LogP contribution in [-0.2, 0) is 0 Å². The number of rotatable bonds is 7. The molecule has 0 radical (unpaired) electrons. The van der Waals surface area contributed by atoms with Crippen molar-refractivity contribution in [2.75, 3.05) is 20.1 Å².